The Bertz CT molecular complexity index is 690. The molecule has 1 atom stereocenters. The van der Waals surface area contributed by atoms with Gasteiger partial charge in [0.25, 0.3) is 6.29 Å². The number of hydrogen-bond donors (Lipinski definition) is 0. The molecule has 2 aromatic rings. The van der Waals surface area contributed by atoms with Gasteiger partial charge in [0.15, 0.2) is 6.61 Å². The monoisotopic (exact) mass is 388 g/mol. The van der Waals surface area contributed by atoms with Crippen LogP contribution >= 0.6 is 11.6 Å². The predicted molar refractivity (Wildman–Crippen MR) is 88.9 cm³/mol. The summed E-state index contributed by atoms with van der Waals surface area (Å²) in [6.07, 6.45) is -2.44. The van der Waals surface area contributed by atoms with Crippen LogP contribution in [0.3, 0.4) is 0 Å². The summed E-state index contributed by atoms with van der Waals surface area (Å²) in [5.41, 5.74) is 0. The number of carbonyl (C=O) groups is 1. The van der Waals surface area contributed by atoms with Gasteiger partial charge in [-0.1, -0.05) is 18.2 Å². The van der Waals surface area contributed by atoms with Gasteiger partial charge in [-0.2, -0.15) is 8.78 Å². The van der Waals surface area contributed by atoms with E-state index in [9.17, 15) is 18.0 Å². The van der Waals surface area contributed by atoms with Crippen molar-refractivity contribution in [3.05, 3.63) is 60.4 Å². The van der Waals surface area contributed by atoms with Crippen molar-refractivity contribution in [3.63, 3.8) is 0 Å². The molecule has 0 bridgehead atoms. The molecule has 1 unspecified atom stereocenters. The minimum atomic E-state index is -3.47. The summed E-state index contributed by atoms with van der Waals surface area (Å²) in [6, 6.07) is 13.7. The molecule has 4 nitrogen and oxygen atoms in total. The molecule has 26 heavy (non-hydrogen) atoms. The SMILES string of the molecule is O=C(CCC(F)(F)Cl)OCC(Oc1ccccc1)Oc1ccc(F)cc1. The third kappa shape index (κ3) is 7.65. The Morgan fingerprint density at radius 3 is 2.15 bits per heavy atom. The Balaban J connectivity index is 1.96. The highest BCUT2D eigenvalue weighted by Crippen LogP contribution is 2.25. The Labute approximate surface area is 153 Å². The molecule has 0 amide bonds. The van der Waals surface area contributed by atoms with Gasteiger partial charge in [-0.25, -0.2) is 4.39 Å². The fourth-order valence-corrected chi connectivity index (χ4v) is 1.98. The second-order valence-electron chi connectivity index (χ2n) is 5.23. The van der Waals surface area contributed by atoms with Crippen LogP contribution < -0.4 is 9.47 Å². The number of hydrogen-bond acceptors (Lipinski definition) is 4. The average Bonchev–Trinajstić information content (AvgIpc) is 2.60. The van der Waals surface area contributed by atoms with Crippen molar-refractivity contribution >= 4 is 17.6 Å². The summed E-state index contributed by atoms with van der Waals surface area (Å²) in [5, 5.41) is -3.47. The summed E-state index contributed by atoms with van der Waals surface area (Å²) < 4.78 is 54.1. The molecule has 8 heteroatoms. The maximum Gasteiger partial charge on any atom is 0.322 e. The highest BCUT2D eigenvalue weighted by atomic mass is 35.5. The van der Waals surface area contributed by atoms with Gasteiger partial charge < -0.3 is 14.2 Å². The zero-order chi connectivity index (χ0) is 19.0. The molecule has 2 rings (SSSR count). The highest BCUT2D eigenvalue weighted by Gasteiger charge is 2.26. The van der Waals surface area contributed by atoms with Crippen molar-refractivity contribution < 1.29 is 32.2 Å². The molecule has 0 N–H and O–H groups in total. The summed E-state index contributed by atoms with van der Waals surface area (Å²) in [5.74, 6) is -0.570. The van der Waals surface area contributed by atoms with Crippen LogP contribution in [0.15, 0.2) is 54.6 Å². The summed E-state index contributed by atoms with van der Waals surface area (Å²) >= 11 is 4.75. The van der Waals surface area contributed by atoms with Crippen LogP contribution in [0.25, 0.3) is 0 Å². The van der Waals surface area contributed by atoms with E-state index in [-0.39, 0.29) is 12.4 Å². The van der Waals surface area contributed by atoms with Crippen LogP contribution in [0.1, 0.15) is 12.8 Å². The molecule has 0 aromatic heterocycles. The topological polar surface area (TPSA) is 44.8 Å². The third-order valence-electron chi connectivity index (χ3n) is 3.08. The van der Waals surface area contributed by atoms with Crippen molar-refractivity contribution in [2.45, 2.75) is 24.5 Å². The van der Waals surface area contributed by atoms with Crippen LogP contribution in [0, 0.1) is 5.82 Å². The molecule has 0 saturated heterocycles. The van der Waals surface area contributed by atoms with Gasteiger partial charge in [-0.3, -0.25) is 4.79 Å². The fraction of sp³-hybridized carbons (Fsp3) is 0.278. The van der Waals surface area contributed by atoms with Crippen LogP contribution in [0.5, 0.6) is 11.5 Å². The quantitative estimate of drug-likeness (QED) is 0.353. The number of ether oxygens (including phenoxy) is 3. The van der Waals surface area contributed by atoms with Gasteiger partial charge in [-0.05, 0) is 48.0 Å². The lowest BCUT2D eigenvalue weighted by Gasteiger charge is -2.20. The lowest BCUT2D eigenvalue weighted by atomic mass is 10.3. The van der Waals surface area contributed by atoms with E-state index in [0.717, 1.165) is 0 Å². The van der Waals surface area contributed by atoms with E-state index in [4.69, 9.17) is 25.8 Å². The van der Waals surface area contributed by atoms with Gasteiger partial charge in [0.1, 0.15) is 17.3 Å². The lowest BCUT2D eigenvalue weighted by molar-refractivity contribution is -0.152. The molecular weight excluding hydrogens is 373 g/mol. The van der Waals surface area contributed by atoms with Crippen molar-refractivity contribution in [1.82, 2.24) is 0 Å². The zero-order valence-electron chi connectivity index (χ0n) is 13.5. The van der Waals surface area contributed by atoms with E-state index < -0.39 is 36.3 Å². The number of halogens is 4. The first-order chi connectivity index (χ1) is 12.3. The summed E-state index contributed by atoms with van der Waals surface area (Å²) in [7, 11) is 0. The molecule has 0 aliphatic heterocycles. The highest BCUT2D eigenvalue weighted by molar-refractivity contribution is 6.21. The van der Waals surface area contributed by atoms with Crippen LogP contribution in [0.2, 0.25) is 0 Å². The van der Waals surface area contributed by atoms with Crippen LogP contribution in [-0.4, -0.2) is 24.2 Å². The number of rotatable bonds is 9. The van der Waals surface area contributed by atoms with Gasteiger partial charge >= 0.3 is 11.4 Å². The number of para-hydroxylation sites is 1. The maximum absolute atomic E-state index is 13.0. The van der Waals surface area contributed by atoms with Gasteiger partial charge in [-0.15, -0.1) is 0 Å². The standard InChI is InChI=1S/C18H16ClF3O4/c19-18(21,22)11-10-16(23)24-12-17(25-14-4-2-1-3-5-14)26-15-8-6-13(20)7-9-15/h1-9,17H,10-12H2. The first kappa shape index (κ1) is 19.9. The number of esters is 1. The second kappa shape index (κ2) is 9.33. The van der Waals surface area contributed by atoms with Crippen molar-refractivity contribution in [3.8, 4) is 11.5 Å². The van der Waals surface area contributed by atoms with Crippen molar-refractivity contribution in [1.29, 1.82) is 0 Å². The molecule has 0 heterocycles. The summed E-state index contributed by atoms with van der Waals surface area (Å²) in [6.45, 7) is -0.348. The largest absolute Gasteiger partial charge is 0.458 e. The van der Waals surface area contributed by atoms with Gasteiger partial charge in [0, 0.05) is 6.42 Å². The minimum Gasteiger partial charge on any atom is -0.458 e. The van der Waals surface area contributed by atoms with Crippen molar-refractivity contribution in [2.75, 3.05) is 6.61 Å². The van der Waals surface area contributed by atoms with E-state index in [1.807, 2.05) is 0 Å². The molecule has 0 radical (unpaired) electrons. The maximum atomic E-state index is 13.0. The Hall–Kier alpha value is -2.41. The first-order valence-corrected chi connectivity index (χ1v) is 8.06. The van der Waals surface area contributed by atoms with E-state index in [1.165, 1.54) is 24.3 Å². The Kier molecular flexibility index (Phi) is 7.15. The van der Waals surface area contributed by atoms with Gasteiger partial charge in [0.2, 0.25) is 0 Å². The first-order valence-electron chi connectivity index (χ1n) is 7.68. The number of carbonyl (C=O) groups excluding carboxylic acids is 1. The molecular formula is C18H16ClF3O4. The zero-order valence-corrected chi connectivity index (χ0v) is 14.3. The summed E-state index contributed by atoms with van der Waals surface area (Å²) in [4.78, 5) is 11.6. The smallest absolute Gasteiger partial charge is 0.322 e. The van der Waals surface area contributed by atoms with E-state index >= 15 is 0 Å². The van der Waals surface area contributed by atoms with Crippen LogP contribution in [0.4, 0.5) is 13.2 Å². The molecule has 0 aliphatic rings. The third-order valence-corrected chi connectivity index (χ3v) is 3.27. The lowest BCUT2D eigenvalue weighted by Crippen LogP contribution is -2.31. The second-order valence-corrected chi connectivity index (χ2v) is 5.78. The normalized spacial score (nSPS) is 12.3. The molecule has 0 aliphatic carbocycles. The predicted octanol–water partition coefficient (Wildman–Crippen LogP) is 4.76. The van der Waals surface area contributed by atoms with E-state index in [0.29, 0.717) is 5.75 Å². The Morgan fingerprint density at radius 2 is 1.58 bits per heavy atom. The number of alkyl halides is 3. The van der Waals surface area contributed by atoms with Crippen molar-refractivity contribution in [2.24, 2.45) is 0 Å². The minimum absolute atomic E-state index is 0.288. The Morgan fingerprint density at radius 1 is 1.00 bits per heavy atom. The molecule has 0 fully saturated rings. The van der Waals surface area contributed by atoms with Crippen LogP contribution in [-0.2, 0) is 9.53 Å². The number of benzene rings is 2. The molecule has 2 aromatic carbocycles. The van der Waals surface area contributed by atoms with Gasteiger partial charge in [0.05, 0.1) is 6.42 Å². The molecule has 140 valence electrons. The van der Waals surface area contributed by atoms with E-state index in [2.05, 4.69) is 0 Å². The molecule has 0 saturated carbocycles. The fourth-order valence-electron chi connectivity index (χ4n) is 1.88. The van der Waals surface area contributed by atoms with E-state index in [1.54, 1.807) is 30.3 Å². The average molecular weight is 389 g/mol. The molecule has 0 spiro atoms.